The topological polar surface area (TPSA) is 61.7 Å². The second-order valence-corrected chi connectivity index (χ2v) is 5.67. The third-order valence-electron chi connectivity index (χ3n) is 4.70. The van der Waals surface area contributed by atoms with E-state index in [-0.39, 0.29) is 17.9 Å². The number of amides is 1. The summed E-state index contributed by atoms with van der Waals surface area (Å²) in [5, 5.41) is 13.5. The fourth-order valence-corrected chi connectivity index (χ4v) is 3.36. The van der Waals surface area contributed by atoms with Gasteiger partial charge in [0.15, 0.2) is 0 Å². The Kier molecular flexibility index (Phi) is 4.05. The summed E-state index contributed by atoms with van der Waals surface area (Å²) in [6, 6.07) is 0.0373. The van der Waals surface area contributed by atoms with E-state index in [1.165, 1.54) is 6.42 Å². The van der Waals surface area contributed by atoms with Gasteiger partial charge in [-0.25, -0.2) is 0 Å². The molecule has 3 unspecified atom stereocenters. The monoisotopic (exact) mass is 252 g/mol. The fourth-order valence-electron chi connectivity index (χ4n) is 3.36. The van der Waals surface area contributed by atoms with Gasteiger partial charge >= 0.3 is 0 Å². The van der Waals surface area contributed by atoms with Gasteiger partial charge in [0.25, 0.3) is 0 Å². The zero-order valence-corrected chi connectivity index (χ0v) is 11.4. The maximum Gasteiger partial charge on any atom is 0.225 e. The van der Waals surface area contributed by atoms with Gasteiger partial charge in [0.1, 0.15) is 0 Å². The van der Waals surface area contributed by atoms with Crippen molar-refractivity contribution in [2.45, 2.75) is 57.1 Å². The Labute approximate surface area is 109 Å². The van der Waals surface area contributed by atoms with Crippen LogP contribution < -0.4 is 5.32 Å². The van der Waals surface area contributed by atoms with E-state index in [2.05, 4.69) is 10.3 Å². The van der Waals surface area contributed by atoms with Crippen LogP contribution in [0.5, 0.6) is 0 Å². The zero-order chi connectivity index (χ0) is 13.2. The number of carbonyl (C=O) groups excluding carboxylic acids is 1. The molecule has 2 rings (SSSR count). The minimum absolute atomic E-state index is 0.0167. The van der Waals surface area contributed by atoms with Gasteiger partial charge in [-0.2, -0.15) is 0 Å². The van der Waals surface area contributed by atoms with E-state index < -0.39 is 5.60 Å². The Hall–Kier alpha value is -0.900. The number of hydrogen-bond acceptors (Lipinski definition) is 3. The van der Waals surface area contributed by atoms with E-state index in [1.54, 1.807) is 13.3 Å². The van der Waals surface area contributed by atoms with Crippen molar-refractivity contribution in [3.63, 3.8) is 0 Å². The highest BCUT2D eigenvalue weighted by Crippen LogP contribution is 2.46. The Bertz CT molecular complexity index is 339. The highest BCUT2D eigenvalue weighted by molar-refractivity contribution is 5.79. The SMILES string of the molecule is CC=NC1CCC(O)(C2CCC2)CC1C(=O)NC. The number of carbonyl (C=O) groups is 1. The number of hydrogen-bond donors (Lipinski definition) is 2. The molecular weight excluding hydrogens is 228 g/mol. The van der Waals surface area contributed by atoms with Crippen LogP contribution in [0.4, 0.5) is 0 Å². The Morgan fingerprint density at radius 3 is 2.67 bits per heavy atom. The van der Waals surface area contributed by atoms with E-state index in [9.17, 15) is 9.90 Å². The Balaban J connectivity index is 2.11. The van der Waals surface area contributed by atoms with E-state index in [4.69, 9.17) is 0 Å². The molecule has 0 spiro atoms. The zero-order valence-electron chi connectivity index (χ0n) is 11.4. The van der Waals surface area contributed by atoms with Crippen molar-refractivity contribution in [2.24, 2.45) is 16.8 Å². The molecule has 4 heteroatoms. The Morgan fingerprint density at radius 1 is 1.44 bits per heavy atom. The summed E-state index contributed by atoms with van der Waals surface area (Å²) in [6.07, 6.45) is 7.38. The smallest absolute Gasteiger partial charge is 0.225 e. The summed E-state index contributed by atoms with van der Waals surface area (Å²) in [5.41, 5.74) is -0.630. The molecule has 0 bridgehead atoms. The molecule has 0 aromatic carbocycles. The molecule has 0 aromatic heterocycles. The van der Waals surface area contributed by atoms with Crippen molar-refractivity contribution in [1.82, 2.24) is 5.32 Å². The van der Waals surface area contributed by atoms with Crippen molar-refractivity contribution in [3.05, 3.63) is 0 Å². The predicted molar refractivity (Wildman–Crippen MR) is 71.7 cm³/mol. The third-order valence-corrected chi connectivity index (χ3v) is 4.70. The first-order valence-corrected chi connectivity index (χ1v) is 7.02. The summed E-state index contributed by atoms with van der Waals surface area (Å²) in [5.74, 6) is 0.241. The number of nitrogens with zero attached hydrogens (tertiary/aromatic N) is 1. The van der Waals surface area contributed by atoms with Crippen LogP contribution in [0.1, 0.15) is 45.4 Å². The first-order valence-electron chi connectivity index (χ1n) is 7.02. The molecule has 1 amide bonds. The second kappa shape index (κ2) is 5.39. The predicted octanol–water partition coefficient (Wildman–Crippen LogP) is 1.52. The van der Waals surface area contributed by atoms with Crippen LogP contribution in [0, 0.1) is 11.8 Å². The van der Waals surface area contributed by atoms with Gasteiger partial charge in [-0.3, -0.25) is 9.79 Å². The minimum Gasteiger partial charge on any atom is -0.390 e. The van der Waals surface area contributed by atoms with Crippen molar-refractivity contribution in [3.8, 4) is 0 Å². The summed E-state index contributed by atoms with van der Waals surface area (Å²) in [6.45, 7) is 1.88. The lowest BCUT2D eigenvalue weighted by atomic mass is 9.63. The van der Waals surface area contributed by atoms with Gasteiger partial charge < -0.3 is 10.4 Å². The van der Waals surface area contributed by atoms with Gasteiger partial charge in [-0.15, -0.1) is 0 Å². The molecule has 0 aromatic rings. The molecule has 2 N–H and O–H groups in total. The van der Waals surface area contributed by atoms with Crippen LogP contribution in [0.3, 0.4) is 0 Å². The lowest BCUT2D eigenvalue weighted by Gasteiger charge is -2.47. The number of aliphatic hydroxyl groups is 1. The average Bonchev–Trinajstić information content (AvgIpc) is 2.28. The summed E-state index contributed by atoms with van der Waals surface area (Å²) >= 11 is 0. The largest absolute Gasteiger partial charge is 0.390 e. The molecule has 102 valence electrons. The number of nitrogens with one attached hydrogen (secondary N) is 1. The molecule has 0 radical (unpaired) electrons. The van der Waals surface area contributed by atoms with Gasteiger partial charge in [-0.05, 0) is 51.2 Å². The van der Waals surface area contributed by atoms with E-state index in [1.807, 2.05) is 6.92 Å². The summed E-state index contributed by atoms with van der Waals surface area (Å²) < 4.78 is 0. The summed E-state index contributed by atoms with van der Waals surface area (Å²) in [4.78, 5) is 16.4. The van der Waals surface area contributed by atoms with Crippen LogP contribution in [-0.2, 0) is 4.79 Å². The van der Waals surface area contributed by atoms with E-state index >= 15 is 0 Å². The number of rotatable bonds is 3. The molecule has 2 saturated carbocycles. The quantitative estimate of drug-likeness (QED) is 0.748. The lowest BCUT2D eigenvalue weighted by molar-refractivity contribution is -0.136. The summed E-state index contributed by atoms with van der Waals surface area (Å²) in [7, 11) is 1.66. The molecule has 0 heterocycles. The van der Waals surface area contributed by atoms with E-state index in [0.29, 0.717) is 12.3 Å². The van der Waals surface area contributed by atoms with Crippen molar-refractivity contribution >= 4 is 12.1 Å². The molecule has 0 aliphatic heterocycles. The highest BCUT2D eigenvalue weighted by atomic mass is 16.3. The van der Waals surface area contributed by atoms with Crippen LogP contribution in [-0.4, -0.2) is 35.9 Å². The molecule has 4 nitrogen and oxygen atoms in total. The fraction of sp³-hybridized carbons (Fsp3) is 0.857. The highest BCUT2D eigenvalue weighted by Gasteiger charge is 2.48. The molecular formula is C14H24N2O2. The molecule has 2 aliphatic rings. The van der Waals surface area contributed by atoms with Crippen LogP contribution >= 0.6 is 0 Å². The van der Waals surface area contributed by atoms with Crippen LogP contribution in [0.2, 0.25) is 0 Å². The van der Waals surface area contributed by atoms with Crippen molar-refractivity contribution < 1.29 is 9.90 Å². The van der Waals surface area contributed by atoms with Crippen LogP contribution in [0.15, 0.2) is 4.99 Å². The van der Waals surface area contributed by atoms with Crippen LogP contribution in [0.25, 0.3) is 0 Å². The maximum absolute atomic E-state index is 12.0. The van der Waals surface area contributed by atoms with Gasteiger partial charge in [-0.1, -0.05) is 6.42 Å². The molecule has 18 heavy (non-hydrogen) atoms. The van der Waals surface area contributed by atoms with Gasteiger partial charge in [0, 0.05) is 7.05 Å². The second-order valence-electron chi connectivity index (χ2n) is 5.67. The lowest BCUT2D eigenvalue weighted by Crippen LogP contribution is -2.51. The minimum atomic E-state index is -0.630. The average molecular weight is 252 g/mol. The molecule has 0 saturated heterocycles. The maximum atomic E-state index is 12.0. The first kappa shape index (κ1) is 13.5. The molecule has 3 atom stereocenters. The Morgan fingerprint density at radius 2 is 2.17 bits per heavy atom. The van der Waals surface area contributed by atoms with Crippen molar-refractivity contribution in [1.29, 1.82) is 0 Å². The van der Waals surface area contributed by atoms with Gasteiger partial charge in [0.2, 0.25) is 5.91 Å². The number of aliphatic imine (C=N–C) groups is 1. The van der Waals surface area contributed by atoms with Gasteiger partial charge in [0.05, 0.1) is 17.6 Å². The van der Waals surface area contributed by atoms with E-state index in [0.717, 1.165) is 25.7 Å². The van der Waals surface area contributed by atoms with Crippen molar-refractivity contribution in [2.75, 3.05) is 7.05 Å². The molecule has 2 aliphatic carbocycles. The molecule has 2 fully saturated rings. The standard InChI is InChI=1S/C14H24N2O2/c1-3-16-12-7-8-14(18,10-5-4-6-10)9-11(12)13(17)15-2/h3,10-12,18H,4-9H2,1-2H3,(H,15,17). The normalized spacial score (nSPS) is 37.5. The third kappa shape index (κ3) is 2.44. The first-order chi connectivity index (χ1) is 8.60.